The van der Waals surface area contributed by atoms with Crippen LogP contribution < -0.4 is 0 Å². The van der Waals surface area contributed by atoms with Gasteiger partial charge in [-0.1, -0.05) is 40.5 Å². The van der Waals surface area contributed by atoms with Crippen molar-refractivity contribution in [1.29, 1.82) is 0 Å². The Morgan fingerprint density at radius 2 is 1.88 bits per heavy atom. The fourth-order valence-corrected chi connectivity index (χ4v) is 3.77. The van der Waals surface area contributed by atoms with Crippen LogP contribution in [-0.4, -0.2) is 29.3 Å². The molecule has 2 aliphatic rings. The van der Waals surface area contributed by atoms with Crippen LogP contribution in [0.15, 0.2) is 0 Å². The lowest BCUT2D eigenvalue weighted by atomic mass is 9.82. The zero-order valence-corrected chi connectivity index (χ0v) is 11.8. The SMILES string of the molecule is CCN1[C@H](C(=O)C(C)(C)C)C[C@@H]2CCCC[C@@H]21. The molecular weight excluding hydrogens is 210 g/mol. The molecule has 1 saturated heterocycles. The van der Waals surface area contributed by atoms with Crippen LogP contribution in [0, 0.1) is 11.3 Å². The Morgan fingerprint density at radius 3 is 2.47 bits per heavy atom. The van der Waals surface area contributed by atoms with Gasteiger partial charge in [0.1, 0.15) is 0 Å². The van der Waals surface area contributed by atoms with Gasteiger partial charge in [0, 0.05) is 11.5 Å². The summed E-state index contributed by atoms with van der Waals surface area (Å²) in [5.41, 5.74) is -0.189. The number of Topliss-reactive ketones (excluding diaryl/α,β-unsaturated/α-hetero) is 1. The molecule has 0 aromatic heterocycles. The minimum Gasteiger partial charge on any atom is -0.297 e. The maximum Gasteiger partial charge on any atom is 0.155 e. The number of hydrogen-bond acceptors (Lipinski definition) is 2. The van der Waals surface area contributed by atoms with Crippen molar-refractivity contribution in [3.8, 4) is 0 Å². The van der Waals surface area contributed by atoms with Crippen LogP contribution in [0.3, 0.4) is 0 Å². The maximum atomic E-state index is 12.5. The first kappa shape index (κ1) is 13.1. The summed E-state index contributed by atoms with van der Waals surface area (Å²) in [6, 6.07) is 0.901. The first-order chi connectivity index (χ1) is 7.95. The van der Waals surface area contributed by atoms with Crippen molar-refractivity contribution >= 4 is 5.78 Å². The molecule has 1 saturated carbocycles. The zero-order chi connectivity index (χ0) is 12.6. The Labute approximate surface area is 106 Å². The van der Waals surface area contributed by atoms with Gasteiger partial charge < -0.3 is 0 Å². The lowest BCUT2D eigenvalue weighted by molar-refractivity contribution is -0.131. The first-order valence-electron chi connectivity index (χ1n) is 7.25. The monoisotopic (exact) mass is 237 g/mol. The molecule has 1 heterocycles. The predicted octanol–water partition coefficient (Wildman–Crippen LogP) is 3.25. The Morgan fingerprint density at radius 1 is 1.24 bits per heavy atom. The van der Waals surface area contributed by atoms with E-state index in [1.54, 1.807) is 0 Å². The summed E-state index contributed by atoms with van der Waals surface area (Å²) in [5.74, 6) is 1.24. The third-order valence-electron chi connectivity index (χ3n) is 4.63. The molecule has 98 valence electrons. The van der Waals surface area contributed by atoms with E-state index in [0.29, 0.717) is 11.8 Å². The topological polar surface area (TPSA) is 20.3 Å². The highest BCUT2D eigenvalue weighted by molar-refractivity contribution is 5.89. The third kappa shape index (κ3) is 2.42. The average Bonchev–Trinajstić information content (AvgIpc) is 2.64. The van der Waals surface area contributed by atoms with Gasteiger partial charge in [-0.15, -0.1) is 0 Å². The number of ketones is 1. The number of hydrogen-bond donors (Lipinski definition) is 0. The Kier molecular flexibility index (Phi) is 3.63. The van der Waals surface area contributed by atoms with Crippen LogP contribution in [0.1, 0.15) is 59.8 Å². The molecular formula is C15H27NO. The Bertz CT molecular complexity index is 292. The summed E-state index contributed by atoms with van der Waals surface area (Å²) < 4.78 is 0. The highest BCUT2D eigenvalue weighted by Crippen LogP contribution is 2.41. The van der Waals surface area contributed by atoms with Gasteiger partial charge in [-0.05, 0) is 31.7 Å². The average molecular weight is 237 g/mol. The van der Waals surface area contributed by atoms with Gasteiger partial charge in [-0.3, -0.25) is 9.69 Å². The lowest BCUT2D eigenvalue weighted by Gasteiger charge is -2.34. The zero-order valence-electron chi connectivity index (χ0n) is 11.8. The molecule has 0 aromatic rings. The minimum absolute atomic E-state index is 0.189. The van der Waals surface area contributed by atoms with E-state index in [-0.39, 0.29) is 11.5 Å². The van der Waals surface area contributed by atoms with E-state index in [9.17, 15) is 4.79 Å². The Hall–Kier alpha value is -0.370. The van der Waals surface area contributed by atoms with E-state index < -0.39 is 0 Å². The van der Waals surface area contributed by atoms with Gasteiger partial charge in [0.05, 0.1) is 6.04 Å². The standard InChI is InChI=1S/C15H27NO/c1-5-16-12-9-7-6-8-11(12)10-13(16)14(17)15(2,3)4/h11-13H,5-10H2,1-4H3/t11-,12-,13-/m0/s1. The normalized spacial score (nSPS) is 34.7. The molecule has 3 atom stereocenters. The van der Waals surface area contributed by atoms with E-state index in [4.69, 9.17) is 0 Å². The van der Waals surface area contributed by atoms with Crippen molar-refractivity contribution in [3.63, 3.8) is 0 Å². The molecule has 2 rings (SSSR count). The van der Waals surface area contributed by atoms with Gasteiger partial charge in [-0.2, -0.15) is 0 Å². The van der Waals surface area contributed by atoms with Crippen molar-refractivity contribution in [2.75, 3.05) is 6.54 Å². The van der Waals surface area contributed by atoms with Crippen LogP contribution >= 0.6 is 0 Å². The number of nitrogens with zero attached hydrogens (tertiary/aromatic N) is 1. The summed E-state index contributed by atoms with van der Waals surface area (Å²) in [5, 5.41) is 0. The van der Waals surface area contributed by atoms with Crippen molar-refractivity contribution < 1.29 is 4.79 Å². The second-order valence-electron chi connectivity index (χ2n) is 6.81. The smallest absolute Gasteiger partial charge is 0.155 e. The van der Waals surface area contributed by atoms with Crippen LogP contribution in [0.2, 0.25) is 0 Å². The molecule has 17 heavy (non-hydrogen) atoms. The number of likely N-dealkylation sites (tertiary alicyclic amines) is 1. The molecule has 1 aliphatic carbocycles. The number of carbonyl (C=O) groups excluding carboxylic acids is 1. The summed E-state index contributed by atoms with van der Waals surface area (Å²) >= 11 is 0. The van der Waals surface area contributed by atoms with Crippen molar-refractivity contribution in [3.05, 3.63) is 0 Å². The molecule has 0 aromatic carbocycles. The van der Waals surface area contributed by atoms with Crippen LogP contribution in [-0.2, 0) is 4.79 Å². The van der Waals surface area contributed by atoms with Gasteiger partial charge in [0.2, 0.25) is 0 Å². The van der Waals surface area contributed by atoms with Crippen LogP contribution in [0.5, 0.6) is 0 Å². The number of carbonyl (C=O) groups is 1. The number of likely N-dealkylation sites (N-methyl/N-ethyl adjacent to an activating group) is 1. The van der Waals surface area contributed by atoms with Gasteiger partial charge in [0.15, 0.2) is 5.78 Å². The summed E-state index contributed by atoms with van der Waals surface area (Å²) in [6.07, 6.45) is 6.50. The van der Waals surface area contributed by atoms with E-state index in [1.807, 2.05) is 0 Å². The minimum atomic E-state index is -0.189. The molecule has 0 N–H and O–H groups in total. The van der Waals surface area contributed by atoms with Crippen LogP contribution in [0.25, 0.3) is 0 Å². The second kappa shape index (κ2) is 4.72. The molecule has 0 radical (unpaired) electrons. The van der Waals surface area contributed by atoms with Gasteiger partial charge >= 0.3 is 0 Å². The maximum absolute atomic E-state index is 12.5. The van der Waals surface area contributed by atoms with E-state index >= 15 is 0 Å². The fraction of sp³-hybridized carbons (Fsp3) is 0.933. The predicted molar refractivity (Wildman–Crippen MR) is 71.0 cm³/mol. The van der Waals surface area contributed by atoms with E-state index in [2.05, 4.69) is 32.6 Å². The highest BCUT2D eigenvalue weighted by atomic mass is 16.1. The van der Waals surface area contributed by atoms with Crippen molar-refractivity contribution in [2.24, 2.45) is 11.3 Å². The molecule has 2 heteroatoms. The third-order valence-corrected chi connectivity index (χ3v) is 4.63. The summed E-state index contributed by atoms with van der Waals surface area (Å²) in [7, 11) is 0. The lowest BCUT2D eigenvalue weighted by Crippen LogP contribution is -2.45. The summed E-state index contributed by atoms with van der Waals surface area (Å²) in [4.78, 5) is 15.0. The largest absolute Gasteiger partial charge is 0.297 e. The molecule has 0 bridgehead atoms. The summed E-state index contributed by atoms with van der Waals surface area (Å²) in [6.45, 7) is 9.43. The van der Waals surface area contributed by atoms with E-state index in [0.717, 1.165) is 18.9 Å². The molecule has 2 nitrogen and oxygen atoms in total. The number of fused-ring (bicyclic) bond motifs is 1. The van der Waals surface area contributed by atoms with Gasteiger partial charge in [0.25, 0.3) is 0 Å². The second-order valence-corrected chi connectivity index (χ2v) is 6.81. The molecule has 0 unspecified atom stereocenters. The van der Waals surface area contributed by atoms with Crippen molar-refractivity contribution in [1.82, 2.24) is 4.90 Å². The molecule has 0 amide bonds. The van der Waals surface area contributed by atoms with E-state index in [1.165, 1.54) is 25.7 Å². The van der Waals surface area contributed by atoms with Crippen molar-refractivity contribution in [2.45, 2.75) is 71.9 Å². The molecule has 1 aliphatic heterocycles. The first-order valence-corrected chi connectivity index (χ1v) is 7.25. The molecule has 2 fully saturated rings. The van der Waals surface area contributed by atoms with Gasteiger partial charge in [-0.25, -0.2) is 0 Å². The van der Waals surface area contributed by atoms with Crippen LogP contribution in [0.4, 0.5) is 0 Å². The number of rotatable bonds is 2. The highest BCUT2D eigenvalue weighted by Gasteiger charge is 2.46. The quantitative estimate of drug-likeness (QED) is 0.735. The Balaban J connectivity index is 2.15. The molecule has 0 spiro atoms. The fourth-order valence-electron chi connectivity index (χ4n) is 3.77.